The molecule has 0 radical (unpaired) electrons. The quantitative estimate of drug-likeness (QED) is 0.496. The summed E-state index contributed by atoms with van der Waals surface area (Å²) in [6.07, 6.45) is 2.76. The Bertz CT molecular complexity index is 1210. The van der Waals surface area contributed by atoms with Gasteiger partial charge in [-0.1, -0.05) is 48.0 Å². The highest BCUT2D eigenvalue weighted by Crippen LogP contribution is 2.40. The van der Waals surface area contributed by atoms with Crippen LogP contribution in [0.3, 0.4) is 0 Å². The van der Waals surface area contributed by atoms with Crippen molar-refractivity contribution in [3.05, 3.63) is 75.6 Å². The van der Waals surface area contributed by atoms with E-state index in [0.717, 1.165) is 24.0 Å². The van der Waals surface area contributed by atoms with Crippen LogP contribution < -0.4 is 15.4 Å². The molecule has 170 valence electrons. The van der Waals surface area contributed by atoms with Crippen molar-refractivity contribution in [2.24, 2.45) is 0 Å². The van der Waals surface area contributed by atoms with Crippen molar-refractivity contribution in [1.29, 1.82) is 0 Å². The van der Waals surface area contributed by atoms with E-state index in [1.165, 1.54) is 7.11 Å². The van der Waals surface area contributed by atoms with Crippen LogP contribution in [0, 0.1) is 0 Å². The monoisotopic (exact) mass is 465 g/mol. The molecule has 2 atom stereocenters. The summed E-state index contributed by atoms with van der Waals surface area (Å²) < 4.78 is 5.25. The summed E-state index contributed by atoms with van der Waals surface area (Å²) in [4.78, 5) is 26.0. The van der Waals surface area contributed by atoms with E-state index in [0.29, 0.717) is 40.1 Å². The minimum Gasteiger partial charge on any atom is -0.495 e. The van der Waals surface area contributed by atoms with Crippen molar-refractivity contribution in [1.82, 2.24) is 26.0 Å². The van der Waals surface area contributed by atoms with Crippen LogP contribution in [-0.2, 0) is 17.6 Å². The zero-order chi connectivity index (χ0) is 22.9. The van der Waals surface area contributed by atoms with E-state index in [4.69, 9.17) is 16.3 Å². The maximum absolute atomic E-state index is 13.1. The van der Waals surface area contributed by atoms with Gasteiger partial charge < -0.3 is 15.4 Å². The molecule has 8 nitrogen and oxygen atoms in total. The van der Waals surface area contributed by atoms with Crippen molar-refractivity contribution >= 4 is 23.4 Å². The molecule has 2 aliphatic rings. The highest BCUT2D eigenvalue weighted by molar-refractivity contribution is 6.33. The largest absolute Gasteiger partial charge is 0.495 e. The molecule has 1 heterocycles. The fourth-order valence-corrected chi connectivity index (χ4v) is 4.72. The molecule has 2 aromatic carbocycles. The summed E-state index contributed by atoms with van der Waals surface area (Å²) in [5.74, 6) is 0.354. The summed E-state index contributed by atoms with van der Waals surface area (Å²) >= 11 is 6.36. The predicted octanol–water partition coefficient (Wildman–Crippen LogP) is 3.10. The minimum atomic E-state index is -0.373. The Labute approximate surface area is 196 Å². The molecule has 9 heteroatoms. The summed E-state index contributed by atoms with van der Waals surface area (Å²) in [6.45, 7) is 0. The van der Waals surface area contributed by atoms with Crippen LogP contribution in [0.4, 0.5) is 0 Å². The number of carbonyl (C=O) groups excluding carboxylic acids is 2. The van der Waals surface area contributed by atoms with Gasteiger partial charge in [0.15, 0.2) is 5.69 Å². The third-order valence-corrected chi connectivity index (χ3v) is 6.66. The lowest BCUT2D eigenvalue weighted by Crippen LogP contribution is -2.45. The van der Waals surface area contributed by atoms with Gasteiger partial charge in [0, 0.05) is 5.92 Å². The molecule has 2 amide bonds. The first-order chi connectivity index (χ1) is 16.0. The van der Waals surface area contributed by atoms with Gasteiger partial charge in [-0.2, -0.15) is 15.4 Å². The number of nitrogens with zero attached hydrogens (tertiary/aromatic N) is 2. The van der Waals surface area contributed by atoms with Crippen LogP contribution >= 0.6 is 11.6 Å². The number of carbonyl (C=O) groups is 2. The standard InChI is InChI=1S/C24H24ClN5O3/c1-33-18-8-4-6-15(20(18)25)12-19(31)26-17-11-14-5-2-3-7-16(14)22(17)27-24(32)23-21(13-9-10-13)28-30-29-23/h2-8,13,17,22H,9-12H2,1H3,(H,26,31)(H,27,32)(H,28,29,30)/t17-,22-/m1/s1. The van der Waals surface area contributed by atoms with Gasteiger partial charge in [-0.3, -0.25) is 9.59 Å². The fraction of sp³-hybridized carbons (Fsp3) is 0.333. The lowest BCUT2D eigenvalue weighted by molar-refractivity contribution is -0.121. The second-order valence-electron chi connectivity index (χ2n) is 8.47. The van der Waals surface area contributed by atoms with Gasteiger partial charge in [0.2, 0.25) is 5.91 Å². The number of aromatic nitrogens is 3. The normalized spacial score (nSPS) is 19.1. The summed E-state index contributed by atoms with van der Waals surface area (Å²) in [7, 11) is 1.54. The van der Waals surface area contributed by atoms with E-state index in [1.54, 1.807) is 18.2 Å². The van der Waals surface area contributed by atoms with Gasteiger partial charge in [0.25, 0.3) is 5.91 Å². The maximum atomic E-state index is 13.1. The number of amides is 2. The van der Waals surface area contributed by atoms with Crippen LogP contribution in [-0.4, -0.2) is 40.4 Å². The summed E-state index contributed by atoms with van der Waals surface area (Å²) in [5.41, 5.74) is 3.81. The first-order valence-electron chi connectivity index (χ1n) is 10.9. The molecule has 5 rings (SSSR count). The Hall–Kier alpha value is -3.39. The molecule has 1 aromatic heterocycles. The number of hydrogen-bond acceptors (Lipinski definition) is 5. The number of ether oxygens (including phenoxy) is 1. The molecule has 0 saturated heterocycles. The number of rotatable bonds is 7. The molecule has 33 heavy (non-hydrogen) atoms. The number of aromatic amines is 1. The van der Waals surface area contributed by atoms with Crippen LogP contribution in [0.2, 0.25) is 5.02 Å². The smallest absolute Gasteiger partial charge is 0.274 e. The average Bonchev–Trinajstić information content (AvgIpc) is 3.44. The van der Waals surface area contributed by atoms with E-state index in [2.05, 4.69) is 26.0 Å². The van der Waals surface area contributed by atoms with Gasteiger partial charge in [-0.15, -0.1) is 0 Å². The van der Waals surface area contributed by atoms with E-state index < -0.39 is 0 Å². The number of nitrogens with one attached hydrogen (secondary N) is 3. The minimum absolute atomic E-state index is 0.110. The molecule has 0 spiro atoms. The van der Waals surface area contributed by atoms with Crippen molar-refractivity contribution in [2.45, 2.75) is 43.7 Å². The van der Waals surface area contributed by atoms with Gasteiger partial charge in [-0.25, -0.2) is 0 Å². The lowest BCUT2D eigenvalue weighted by Gasteiger charge is -2.23. The first-order valence-corrected chi connectivity index (χ1v) is 11.3. The Kier molecular flexibility index (Phi) is 5.76. The molecule has 1 saturated carbocycles. The SMILES string of the molecule is COc1cccc(CC(=O)N[C@@H]2Cc3ccccc3[C@H]2NC(=O)c2n[nH]nc2C2CC2)c1Cl. The van der Waals surface area contributed by atoms with Gasteiger partial charge in [-0.05, 0) is 42.0 Å². The van der Waals surface area contributed by atoms with Crippen molar-refractivity contribution in [2.75, 3.05) is 7.11 Å². The molecule has 2 aliphatic carbocycles. The average molecular weight is 466 g/mol. The zero-order valence-corrected chi connectivity index (χ0v) is 18.9. The number of benzene rings is 2. The molecule has 3 aromatic rings. The highest BCUT2D eigenvalue weighted by Gasteiger charge is 2.37. The summed E-state index contributed by atoms with van der Waals surface area (Å²) in [6, 6.07) is 12.6. The van der Waals surface area contributed by atoms with Crippen LogP contribution in [0.15, 0.2) is 42.5 Å². The zero-order valence-electron chi connectivity index (χ0n) is 18.1. The first kappa shape index (κ1) is 21.5. The predicted molar refractivity (Wildman–Crippen MR) is 122 cm³/mol. The molecule has 0 aliphatic heterocycles. The molecule has 0 bridgehead atoms. The number of hydrogen-bond donors (Lipinski definition) is 3. The molecule has 1 fully saturated rings. The molecular weight excluding hydrogens is 442 g/mol. The maximum Gasteiger partial charge on any atom is 0.274 e. The van der Waals surface area contributed by atoms with E-state index >= 15 is 0 Å². The van der Waals surface area contributed by atoms with Crippen LogP contribution in [0.25, 0.3) is 0 Å². The van der Waals surface area contributed by atoms with E-state index in [-0.39, 0.29) is 30.3 Å². The highest BCUT2D eigenvalue weighted by atomic mass is 35.5. The van der Waals surface area contributed by atoms with Crippen molar-refractivity contribution in [3.8, 4) is 5.75 Å². The third kappa shape index (κ3) is 4.30. The fourth-order valence-electron chi connectivity index (χ4n) is 4.45. The second-order valence-corrected chi connectivity index (χ2v) is 8.85. The topological polar surface area (TPSA) is 109 Å². The van der Waals surface area contributed by atoms with Crippen molar-refractivity contribution in [3.63, 3.8) is 0 Å². The van der Waals surface area contributed by atoms with Crippen LogP contribution in [0.5, 0.6) is 5.75 Å². The lowest BCUT2D eigenvalue weighted by atomic mass is 10.1. The van der Waals surface area contributed by atoms with Gasteiger partial charge >= 0.3 is 0 Å². The Balaban J connectivity index is 1.33. The molecule has 0 unspecified atom stereocenters. The summed E-state index contributed by atoms with van der Waals surface area (Å²) in [5, 5.41) is 17.4. The third-order valence-electron chi connectivity index (χ3n) is 6.23. The van der Waals surface area contributed by atoms with E-state index in [1.807, 2.05) is 24.3 Å². The Morgan fingerprint density at radius 2 is 1.94 bits per heavy atom. The second kappa shape index (κ2) is 8.86. The molecule has 3 N–H and O–H groups in total. The Morgan fingerprint density at radius 1 is 1.12 bits per heavy atom. The van der Waals surface area contributed by atoms with Crippen molar-refractivity contribution < 1.29 is 14.3 Å². The number of fused-ring (bicyclic) bond motifs is 1. The van der Waals surface area contributed by atoms with Gasteiger partial charge in [0.05, 0.1) is 36.3 Å². The number of methoxy groups -OCH3 is 1. The van der Waals surface area contributed by atoms with E-state index in [9.17, 15) is 9.59 Å². The van der Waals surface area contributed by atoms with Gasteiger partial charge in [0.1, 0.15) is 5.75 Å². The number of H-pyrrole nitrogens is 1. The number of halogens is 1. The van der Waals surface area contributed by atoms with Crippen LogP contribution in [0.1, 0.15) is 57.7 Å². The Morgan fingerprint density at radius 3 is 2.73 bits per heavy atom. The molecular formula is C24H24ClN5O3.